The smallest absolute Gasteiger partial charge is 0.301 e. The maximum atomic E-state index is 13.7. The van der Waals surface area contributed by atoms with Crippen molar-refractivity contribution in [1.82, 2.24) is 4.98 Å². The molecule has 2 aliphatic heterocycles. The van der Waals surface area contributed by atoms with Gasteiger partial charge in [-0.1, -0.05) is 65.4 Å². The first-order valence-corrected chi connectivity index (χ1v) is 15.0. The molecular formula is C34H25ClN2O5S. The van der Waals surface area contributed by atoms with E-state index in [1.807, 2.05) is 61.5 Å². The van der Waals surface area contributed by atoms with E-state index in [1.54, 1.807) is 36.4 Å². The highest BCUT2D eigenvalue weighted by Gasteiger charge is 2.48. The number of aromatic nitrogens is 1. The highest BCUT2D eigenvalue weighted by atomic mass is 35.5. The van der Waals surface area contributed by atoms with E-state index in [0.717, 1.165) is 21.6 Å². The first-order chi connectivity index (χ1) is 20.9. The summed E-state index contributed by atoms with van der Waals surface area (Å²) in [4.78, 5) is 33.5. The number of carbonyl (C=O) groups is 2. The third-order valence-electron chi connectivity index (χ3n) is 7.58. The van der Waals surface area contributed by atoms with Gasteiger partial charge in [0.05, 0.1) is 21.8 Å². The van der Waals surface area contributed by atoms with Gasteiger partial charge in [0, 0.05) is 17.0 Å². The first kappa shape index (κ1) is 27.2. The summed E-state index contributed by atoms with van der Waals surface area (Å²) in [6.45, 7) is 2.32. The molecule has 2 atom stereocenters. The maximum absolute atomic E-state index is 13.7. The molecule has 214 valence electrons. The lowest BCUT2D eigenvalue weighted by Gasteiger charge is -2.23. The van der Waals surface area contributed by atoms with Crippen LogP contribution in [-0.2, 0) is 22.6 Å². The van der Waals surface area contributed by atoms with Gasteiger partial charge in [-0.05, 0) is 72.1 Å². The van der Waals surface area contributed by atoms with Gasteiger partial charge < -0.3 is 14.6 Å². The molecule has 1 aromatic heterocycles. The van der Waals surface area contributed by atoms with Crippen LogP contribution in [0.2, 0.25) is 5.02 Å². The molecule has 1 saturated heterocycles. The average Bonchev–Trinajstić information content (AvgIpc) is 3.68. The van der Waals surface area contributed by atoms with Gasteiger partial charge in [0.25, 0.3) is 5.78 Å². The highest BCUT2D eigenvalue weighted by Crippen LogP contribution is 2.45. The summed E-state index contributed by atoms with van der Waals surface area (Å²) < 4.78 is 12.7. The molecule has 0 aliphatic carbocycles. The Kier molecular flexibility index (Phi) is 6.88. The quantitative estimate of drug-likeness (QED) is 0.122. The Hall–Kier alpha value is -4.66. The lowest BCUT2D eigenvalue weighted by Crippen LogP contribution is -2.29. The number of anilines is 1. The third-order valence-corrected chi connectivity index (χ3v) is 8.83. The number of carbonyl (C=O) groups excluding carboxylic acids is 2. The largest absolute Gasteiger partial charge is 0.507 e. The fourth-order valence-electron chi connectivity index (χ4n) is 5.57. The summed E-state index contributed by atoms with van der Waals surface area (Å²) in [7, 11) is 0. The predicted octanol–water partition coefficient (Wildman–Crippen LogP) is 7.48. The first-order valence-electron chi connectivity index (χ1n) is 13.8. The molecule has 0 bridgehead atoms. The van der Waals surface area contributed by atoms with Crippen LogP contribution in [0, 0.1) is 0 Å². The van der Waals surface area contributed by atoms with Crippen molar-refractivity contribution in [3.05, 3.63) is 124 Å². The van der Waals surface area contributed by atoms with Gasteiger partial charge in [-0.25, -0.2) is 4.98 Å². The summed E-state index contributed by atoms with van der Waals surface area (Å²) in [5.74, 6) is -0.511. The molecule has 2 aliphatic rings. The number of aliphatic hydroxyl groups is 1. The van der Waals surface area contributed by atoms with E-state index in [1.165, 1.54) is 16.2 Å². The minimum atomic E-state index is -0.945. The van der Waals surface area contributed by atoms with E-state index in [9.17, 15) is 14.7 Å². The Balaban J connectivity index is 1.35. The van der Waals surface area contributed by atoms with Crippen LogP contribution in [0.4, 0.5) is 5.13 Å². The minimum absolute atomic E-state index is 0.0177. The average molecular weight is 609 g/mol. The number of nitrogens with zero attached hydrogens (tertiary/aromatic N) is 2. The van der Waals surface area contributed by atoms with Crippen molar-refractivity contribution in [2.75, 3.05) is 4.90 Å². The Morgan fingerprint density at radius 2 is 1.88 bits per heavy atom. The van der Waals surface area contributed by atoms with Gasteiger partial charge in [-0.2, -0.15) is 0 Å². The normalized spacial score (nSPS) is 19.1. The lowest BCUT2D eigenvalue weighted by molar-refractivity contribution is -0.132. The van der Waals surface area contributed by atoms with Crippen LogP contribution in [0.25, 0.3) is 16.0 Å². The van der Waals surface area contributed by atoms with E-state index < -0.39 is 17.7 Å². The van der Waals surface area contributed by atoms with Crippen LogP contribution < -0.4 is 14.4 Å². The standard InChI is InChI=1S/C34H25ClN2O5S/c1-19-14-23-15-22(10-13-27(23)42-19)31(38)29-30(21-8-5-9-25(16-21)41-18-20-6-3-2-4-7-20)37(33(40)32(29)39)34-36-26-12-11-24(35)17-28(26)43-34/h2-13,15-17,19,30,38H,14,18H2,1H3/b31-29+/t19-,30-/m1/s1. The molecule has 7 rings (SSSR count). The number of aliphatic hydroxyl groups excluding tert-OH is 1. The number of Topliss-reactive ketones (excluding diaryl/α,β-unsaturated/α-hetero) is 1. The molecule has 1 fully saturated rings. The van der Waals surface area contributed by atoms with Crippen LogP contribution in [0.5, 0.6) is 11.5 Å². The van der Waals surface area contributed by atoms with Gasteiger partial charge in [-0.3, -0.25) is 14.5 Å². The van der Waals surface area contributed by atoms with E-state index in [0.29, 0.717) is 45.6 Å². The fourth-order valence-corrected chi connectivity index (χ4v) is 6.84. The number of halogens is 1. The van der Waals surface area contributed by atoms with Crippen molar-refractivity contribution in [1.29, 1.82) is 0 Å². The Bertz CT molecular complexity index is 1940. The second kappa shape index (κ2) is 10.9. The maximum Gasteiger partial charge on any atom is 0.301 e. The van der Waals surface area contributed by atoms with Crippen molar-refractivity contribution in [2.45, 2.75) is 32.1 Å². The molecule has 0 radical (unpaired) electrons. The topological polar surface area (TPSA) is 89.0 Å². The predicted molar refractivity (Wildman–Crippen MR) is 167 cm³/mol. The van der Waals surface area contributed by atoms with E-state index in [-0.39, 0.29) is 17.4 Å². The summed E-state index contributed by atoms with van der Waals surface area (Å²) in [5.41, 5.74) is 3.60. The van der Waals surface area contributed by atoms with Crippen LogP contribution >= 0.6 is 22.9 Å². The molecule has 9 heteroatoms. The number of fused-ring (bicyclic) bond motifs is 2. The van der Waals surface area contributed by atoms with Crippen LogP contribution in [0.1, 0.15) is 35.2 Å². The number of hydrogen-bond acceptors (Lipinski definition) is 7. The Morgan fingerprint density at radius 3 is 2.72 bits per heavy atom. The Labute approximate surface area is 256 Å². The van der Waals surface area contributed by atoms with Crippen molar-refractivity contribution >= 4 is 55.7 Å². The van der Waals surface area contributed by atoms with E-state index in [4.69, 9.17) is 21.1 Å². The SMILES string of the molecule is C[C@@H]1Cc2cc(/C(O)=C3\C(=O)C(=O)N(c4nc5ccc(Cl)cc5s4)[C@@H]3c3cccc(OCc4ccccc4)c3)ccc2O1. The molecule has 0 spiro atoms. The highest BCUT2D eigenvalue weighted by molar-refractivity contribution is 7.22. The zero-order valence-corrected chi connectivity index (χ0v) is 24.6. The molecule has 3 heterocycles. The lowest BCUT2D eigenvalue weighted by atomic mass is 9.94. The number of amides is 1. The molecule has 5 aromatic rings. The van der Waals surface area contributed by atoms with E-state index in [2.05, 4.69) is 4.98 Å². The Morgan fingerprint density at radius 1 is 1.05 bits per heavy atom. The van der Waals surface area contributed by atoms with Crippen molar-refractivity contribution in [3.63, 3.8) is 0 Å². The van der Waals surface area contributed by atoms with Crippen LogP contribution in [0.3, 0.4) is 0 Å². The third kappa shape index (κ3) is 5.02. The van der Waals surface area contributed by atoms with Gasteiger partial charge in [0.15, 0.2) is 5.13 Å². The molecule has 43 heavy (non-hydrogen) atoms. The van der Waals surface area contributed by atoms with Crippen molar-refractivity contribution < 1.29 is 24.2 Å². The molecular weight excluding hydrogens is 584 g/mol. The molecule has 4 aromatic carbocycles. The zero-order chi connectivity index (χ0) is 29.7. The summed E-state index contributed by atoms with van der Waals surface area (Å²) in [5, 5.41) is 12.5. The molecule has 0 unspecified atom stereocenters. The summed E-state index contributed by atoms with van der Waals surface area (Å²) >= 11 is 7.47. The van der Waals surface area contributed by atoms with Crippen LogP contribution in [0.15, 0.2) is 96.6 Å². The number of thiazole rings is 1. The number of hydrogen-bond donors (Lipinski definition) is 1. The summed E-state index contributed by atoms with van der Waals surface area (Å²) in [6.07, 6.45) is 0.702. The molecule has 1 N–H and O–H groups in total. The number of rotatable bonds is 6. The second-order valence-electron chi connectivity index (χ2n) is 10.6. The zero-order valence-electron chi connectivity index (χ0n) is 23.0. The molecule has 7 nitrogen and oxygen atoms in total. The number of ether oxygens (including phenoxy) is 2. The van der Waals surface area contributed by atoms with Gasteiger partial charge in [-0.15, -0.1) is 0 Å². The van der Waals surface area contributed by atoms with E-state index >= 15 is 0 Å². The van der Waals surface area contributed by atoms with Gasteiger partial charge in [0.2, 0.25) is 0 Å². The van der Waals surface area contributed by atoms with Crippen molar-refractivity contribution in [3.8, 4) is 11.5 Å². The number of ketones is 1. The minimum Gasteiger partial charge on any atom is -0.507 e. The second-order valence-corrected chi connectivity index (χ2v) is 12.0. The number of benzene rings is 4. The fraction of sp³-hybridized carbons (Fsp3) is 0.147. The van der Waals surface area contributed by atoms with Gasteiger partial charge >= 0.3 is 5.91 Å². The van der Waals surface area contributed by atoms with Crippen LogP contribution in [-0.4, -0.2) is 27.9 Å². The van der Waals surface area contributed by atoms with Gasteiger partial charge in [0.1, 0.15) is 30.0 Å². The summed E-state index contributed by atoms with van der Waals surface area (Å²) in [6, 6.07) is 26.6. The van der Waals surface area contributed by atoms with Crippen molar-refractivity contribution in [2.24, 2.45) is 0 Å². The molecule has 1 amide bonds. The monoisotopic (exact) mass is 608 g/mol. The molecule has 0 saturated carbocycles.